The number of aliphatic hydroxyl groups is 1. The van der Waals surface area contributed by atoms with E-state index in [9.17, 15) is 9.90 Å². The number of rotatable bonds is 7. The Morgan fingerprint density at radius 2 is 2.26 bits per heavy atom. The summed E-state index contributed by atoms with van der Waals surface area (Å²) in [6.07, 6.45) is 2.16. The maximum Gasteiger partial charge on any atom is 0.220 e. The Bertz CT molecular complexity index is 394. The lowest BCUT2D eigenvalue weighted by Gasteiger charge is -2.27. The van der Waals surface area contributed by atoms with Crippen LogP contribution in [0.1, 0.15) is 27.2 Å². The van der Waals surface area contributed by atoms with Crippen LogP contribution in [0.5, 0.6) is 0 Å². The van der Waals surface area contributed by atoms with Gasteiger partial charge < -0.3 is 10.4 Å². The summed E-state index contributed by atoms with van der Waals surface area (Å²) in [5.74, 6) is 0.757. The van der Waals surface area contributed by atoms with Crippen LogP contribution in [0.3, 0.4) is 0 Å². The van der Waals surface area contributed by atoms with E-state index in [1.165, 1.54) is 0 Å². The number of nitrogens with zero attached hydrogens (tertiary/aromatic N) is 1. The molecule has 0 aliphatic rings. The molecule has 19 heavy (non-hydrogen) atoms. The zero-order chi connectivity index (χ0) is 14.3. The summed E-state index contributed by atoms with van der Waals surface area (Å²) in [4.78, 5) is 15.8. The molecule has 0 saturated heterocycles. The van der Waals surface area contributed by atoms with Crippen LogP contribution in [-0.4, -0.2) is 33.9 Å². The number of thioether (sulfide) groups is 1. The highest BCUT2D eigenvalue weighted by Gasteiger charge is 2.25. The first kappa shape index (κ1) is 16.0. The monoisotopic (exact) mass is 282 g/mol. The molecule has 0 spiro atoms. The van der Waals surface area contributed by atoms with Crippen molar-refractivity contribution in [3.05, 3.63) is 24.4 Å². The minimum Gasteiger partial charge on any atom is -0.388 e. The number of carbonyl (C=O) groups is 1. The molecular formula is C14H22N2O2S. The Balaban J connectivity index is 2.22. The van der Waals surface area contributed by atoms with Crippen LogP contribution < -0.4 is 5.32 Å². The number of amides is 1. The third-order valence-corrected chi connectivity index (χ3v) is 4.05. The van der Waals surface area contributed by atoms with E-state index in [1.807, 2.05) is 32.0 Å². The largest absolute Gasteiger partial charge is 0.388 e. The van der Waals surface area contributed by atoms with Gasteiger partial charge in [0.15, 0.2) is 0 Å². The van der Waals surface area contributed by atoms with Gasteiger partial charge in [-0.3, -0.25) is 4.79 Å². The lowest BCUT2D eigenvalue weighted by Crippen LogP contribution is -2.44. The molecule has 1 amide bonds. The predicted molar refractivity (Wildman–Crippen MR) is 78.0 cm³/mol. The number of pyridine rings is 1. The SMILES string of the molecule is CC(C)C(C)(O)CNC(=O)CCSc1ccccn1. The Morgan fingerprint density at radius 1 is 1.53 bits per heavy atom. The zero-order valence-electron chi connectivity index (χ0n) is 11.7. The standard InChI is InChI=1S/C14H22N2O2S/c1-11(2)14(3,18)10-16-12(17)7-9-19-13-6-4-5-8-15-13/h4-6,8,11,18H,7,9-10H2,1-3H3,(H,16,17). The molecule has 2 N–H and O–H groups in total. The van der Waals surface area contributed by atoms with Gasteiger partial charge in [0.25, 0.3) is 0 Å². The van der Waals surface area contributed by atoms with Crippen LogP contribution in [-0.2, 0) is 4.79 Å². The lowest BCUT2D eigenvalue weighted by atomic mass is 9.92. The highest BCUT2D eigenvalue weighted by atomic mass is 32.2. The molecule has 1 aromatic heterocycles. The van der Waals surface area contributed by atoms with E-state index in [0.29, 0.717) is 12.2 Å². The average Bonchev–Trinajstić information content (AvgIpc) is 2.37. The molecule has 0 aromatic carbocycles. The fourth-order valence-electron chi connectivity index (χ4n) is 1.25. The van der Waals surface area contributed by atoms with Gasteiger partial charge in [-0.1, -0.05) is 19.9 Å². The molecule has 0 aliphatic heterocycles. The Kier molecular flexibility index (Phi) is 6.31. The van der Waals surface area contributed by atoms with Crippen molar-refractivity contribution in [3.8, 4) is 0 Å². The van der Waals surface area contributed by atoms with Crippen LogP contribution in [0.4, 0.5) is 0 Å². The summed E-state index contributed by atoms with van der Waals surface area (Å²) in [5.41, 5.74) is -0.857. The molecular weight excluding hydrogens is 260 g/mol. The van der Waals surface area contributed by atoms with Gasteiger partial charge in [-0.05, 0) is 25.0 Å². The smallest absolute Gasteiger partial charge is 0.220 e. The third kappa shape index (κ3) is 6.07. The summed E-state index contributed by atoms with van der Waals surface area (Å²) in [7, 11) is 0. The van der Waals surface area contributed by atoms with Gasteiger partial charge in [-0.25, -0.2) is 4.98 Å². The first-order chi connectivity index (χ1) is 8.92. The van der Waals surface area contributed by atoms with E-state index in [-0.39, 0.29) is 18.4 Å². The van der Waals surface area contributed by atoms with Gasteiger partial charge in [-0.2, -0.15) is 0 Å². The Morgan fingerprint density at radius 3 is 2.84 bits per heavy atom. The van der Waals surface area contributed by atoms with Crippen LogP contribution in [0.2, 0.25) is 0 Å². The number of hydrogen-bond donors (Lipinski definition) is 2. The number of nitrogens with one attached hydrogen (secondary N) is 1. The molecule has 106 valence electrons. The number of hydrogen-bond acceptors (Lipinski definition) is 4. The predicted octanol–water partition coefficient (Wildman–Crippen LogP) is 2.09. The fraction of sp³-hybridized carbons (Fsp3) is 0.571. The van der Waals surface area contributed by atoms with Gasteiger partial charge in [0.1, 0.15) is 0 Å². The van der Waals surface area contributed by atoms with Crippen LogP contribution in [0.25, 0.3) is 0 Å². The first-order valence-electron chi connectivity index (χ1n) is 6.45. The second-order valence-electron chi connectivity index (χ2n) is 5.06. The van der Waals surface area contributed by atoms with Crippen LogP contribution >= 0.6 is 11.8 Å². The minimum atomic E-state index is -0.857. The molecule has 0 bridgehead atoms. The summed E-state index contributed by atoms with van der Waals surface area (Å²) in [5, 5.41) is 13.7. The first-order valence-corrected chi connectivity index (χ1v) is 7.43. The van der Waals surface area contributed by atoms with Gasteiger partial charge in [-0.15, -0.1) is 11.8 Å². The van der Waals surface area contributed by atoms with E-state index >= 15 is 0 Å². The average molecular weight is 282 g/mol. The summed E-state index contributed by atoms with van der Waals surface area (Å²) in [6.45, 7) is 5.89. The summed E-state index contributed by atoms with van der Waals surface area (Å²) >= 11 is 1.55. The van der Waals surface area contributed by atoms with E-state index in [0.717, 1.165) is 5.03 Å². The molecule has 1 rings (SSSR count). The molecule has 0 radical (unpaired) electrons. The zero-order valence-corrected chi connectivity index (χ0v) is 12.5. The van der Waals surface area contributed by atoms with Crippen LogP contribution in [0.15, 0.2) is 29.4 Å². The molecule has 0 aliphatic carbocycles. The van der Waals surface area contributed by atoms with Crippen molar-refractivity contribution in [1.82, 2.24) is 10.3 Å². The number of carbonyl (C=O) groups excluding carboxylic acids is 1. The molecule has 5 heteroatoms. The van der Waals surface area contributed by atoms with Crippen molar-refractivity contribution in [3.63, 3.8) is 0 Å². The normalized spacial score (nSPS) is 14.2. The minimum absolute atomic E-state index is 0.0376. The quantitative estimate of drug-likeness (QED) is 0.752. The molecule has 1 heterocycles. The van der Waals surface area contributed by atoms with E-state index in [1.54, 1.807) is 24.9 Å². The van der Waals surface area contributed by atoms with Crippen LogP contribution in [0, 0.1) is 5.92 Å². The number of aromatic nitrogens is 1. The maximum atomic E-state index is 11.6. The van der Waals surface area contributed by atoms with E-state index in [4.69, 9.17) is 0 Å². The topological polar surface area (TPSA) is 62.2 Å². The van der Waals surface area contributed by atoms with Crippen molar-refractivity contribution >= 4 is 17.7 Å². The highest BCUT2D eigenvalue weighted by molar-refractivity contribution is 7.99. The maximum absolute atomic E-state index is 11.6. The molecule has 0 fully saturated rings. The van der Waals surface area contributed by atoms with Gasteiger partial charge >= 0.3 is 0 Å². The summed E-state index contributed by atoms with van der Waals surface area (Å²) in [6, 6.07) is 5.71. The molecule has 1 aromatic rings. The Hall–Kier alpha value is -1.07. The van der Waals surface area contributed by atoms with Crippen molar-refractivity contribution in [2.45, 2.75) is 37.8 Å². The fourth-order valence-corrected chi connectivity index (χ4v) is 2.06. The highest BCUT2D eigenvalue weighted by Crippen LogP contribution is 2.16. The van der Waals surface area contributed by atoms with Gasteiger partial charge in [0.05, 0.1) is 10.6 Å². The van der Waals surface area contributed by atoms with Crippen molar-refractivity contribution in [2.24, 2.45) is 5.92 Å². The van der Waals surface area contributed by atoms with Crippen molar-refractivity contribution in [2.75, 3.05) is 12.3 Å². The van der Waals surface area contributed by atoms with Crippen molar-refractivity contribution in [1.29, 1.82) is 0 Å². The van der Waals surface area contributed by atoms with E-state index < -0.39 is 5.60 Å². The second-order valence-corrected chi connectivity index (χ2v) is 6.17. The van der Waals surface area contributed by atoms with Gasteiger partial charge in [0, 0.05) is 24.9 Å². The summed E-state index contributed by atoms with van der Waals surface area (Å²) < 4.78 is 0. The van der Waals surface area contributed by atoms with E-state index in [2.05, 4.69) is 10.3 Å². The molecule has 0 saturated carbocycles. The van der Waals surface area contributed by atoms with Gasteiger partial charge in [0.2, 0.25) is 5.91 Å². The third-order valence-electron chi connectivity index (χ3n) is 3.10. The second kappa shape index (κ2) is 7.50. The Labute approximate surface area is 119 Å². The molecule has 1 unspecified atom stereocenters. The molecule has 4 nitrogen and oxygen atoms in total. The molecule has 1 atom stereocenters. The lowest BCUT2D eigenvalue weighted by molar-refractivity contribution is -0.122. The van der Waals surface area contributed by atoms with Crippen molar-refractivity contribution < 1.29 is 9.90 Å².